The Hall–Kier alpha value is -0.770. The molecule has 2 atom stereocenters. The van der Waals surface area contributed by atoms with Crippen molar-refractivity contribution in [3.8, 4) is 0 Å². The Labute approximate surface area is 192 Å². The third-order valence-corrected chi connectivity index (χ3v) is 9.96. The van der Waals surface area contributed by atoms with Crippen LogP contribution < -0.4 is 5.73 Å². The number of alkyl halides is 1. The maximum absolute atomic E-state index is 6.61. The van der Waals surface area contributed by atoms with Crippen LogP contribution in [0.3, 0.4) is 0 Å². The van der Waals surface area contributed by atoms with Crippen LogP contribution in [0.15, 0.2) is 35.3 Å². The highest BCUT2D eigenvalue weighted by Gasteiger charge is 2.61. The van der Waals surface area contributed by atoms with E-state index in [-0.39, 0.29) is 0 Å². The van der Waals surface area contributed by atoms with Crippen molar-refractivity contribution >= 4 is 35.0 Å². The first kappa shape index (κ1) is 21.1. The standard InChI is InChI=1S/C26H35ClN2S/c27-17-25-10-20-12-26(16-25,22-4-2-1-3-5-22)13-21(11-25)23(20)24(30)29-15-19-8-6-18(14-28)7-9-19/h1-5,15,18-21,23H,6-14,16-17,28H2. The Balaban J connectivity index is 1.33. The van der Waals surface area contributed by atoms with E-state index < -0.39 is 0 Å². The molecule has 5 aliphatic rings. The molecule has 4 heteroatoms. The lowest BCUT2D eigenvalue weighted by molar-refractivity contribution is -0.0803. The number of nitrogens with zero attached hydrogens (tertiary/aromatic N) is 1. The van der Waals surface area contributed by atoms with Crippen LogP contribution >= 0.6 is 23.8 Å². The van der Waals surface area contributed by atoms with E-state index in [4.69, 9.17) is 34.5 Å². The molecule has 1 aromatic carbocycles. The molecule has 1 aromatic rings. The van der Waals surface area contributed by atoms with Crippen molar-refractivity contribution in [2.75, 3.05) is 12.4 Å². The van der Waals surface area contributed by atoms with Gasteiger partial charge in [0.15, 0.2) is 0 Å². The van der Waals surface area contributed by atoms with Crippen LogP contribution in [0.25, 0.3) is 0 Å². The SMILES string of the molecule is NCC1CCC(C=NC(=S)C2C3CC4(CCl)CC2CC(c2ccccc2)(C3)C4)CC1. The Bertz CT molecular complexity index is 783. The summed E-state index contributed by atoms with van der Waals surface area (Å²) >= 11 is 12.6. The van der Waals surface area contributed by atoms with Gasteiger partial charge in [0.05, 0.1) is 0 Å². The van der Waals surface area contributed by atoms with E-state index in [9.17, 15) is 0 Å². The Morgan fingerprint density at radius 1 is 1.07 bits per heavy atom. The molecule has 30 heavy (non-hydrogen) atoms. The fourth-order valence-electron chi connectivity index (χ4n) is 7.85. The van der Waals surface area contributed by atoms with Gasteiger partial charge in [0.25, 0.3) is 0 Å². The molecule has 162 valence electrons. The van der Waals surface area contributed by atoms with E-state index in [1.54, 1.807) is 0 Å². The fraction of sp³-hybridized carbons (Fsp3) is 0.692. The summed E-state index contributed by atoms with van der Waals surface area (Å²) in [6.07, 6.45) is 13.4. The molecule has 0 heterocycles. The van der Waals surface area contributed by atoms with Gasteiger partial charge in [-0.3, -0.25) is 4.99 Å². The third-order valence-electron chi connectivity index (χ3n) is 9.02. The van der Waals surface area contributed by atoms with Crippen molar-refractivity contribution in [2.45, 2.75) is 63.2 Å². The highest BCUT2D eigenvalue weighted by atomic mass is 35.5. The zero-order valence-electron chi connectivity index (χ0n) is 17.9. The molecular formula is C26H35ClN2S. The molecule has 5 aliphatic carbocycles. The quantitative estimate of drug-likeness (QED) is 0.337. The minimum absolute atomic E-state index is 0.304. The van der Waals surface area contributed by atoms with E-state index in [0.717, 1.165) is 17.4 Å². The second-order valence-corrected chi connectivity index (χ2v) is 11.6. The molecule has 0 spiro atoms. The van der Waals surface area contributed by atoms with Crippen LogP contribution in [-0.4, -0.2) is 23.6 Å². The van der Waals surface area contributed by atoms with Crippen LogP contribution in [0.5, 0.6) is 0 Å². The van der Waals surface area contributed by atoms with Gasteiger partial charge < -0.3 is 5.73 Å². The van der Waals surface area contributed by atoms with Gasteiger partial charge in [0.2, 0.25) is 0 Å². The molecule has 2 N–H and O–H groups in total. The largest absolute Gasteiger partial charge is 0.330 e. The average molecular weight is 443 g/mol. The number of hydrogen-bond donors (Lipinski definition) is 1. The minimum atomic E-state index is 0.304. The van der Waals surface area contributed by atoms with E-state index in [2.05, 4.69) is 36.5 Å². The molecule has 0 radical (unpaired) electrons. The molecule has 2 nitrogen and oxygen atoms in total. The van der Waals surface area contributed by atoms with Crippen LogP contribution in [0.4, 0.5) is 0 Å². The van der Waals surface area contributed by atoms with E-state index in [1.807, 2.05) is 0 Å². The van der Waals surface area contributed by atoms with Gasteiger partial charge in [0.1, 0.15) is 4.99 Å². The normalized spacial score (nSPS) is 42.7. The van der Waals surface area contributed by atoms with Crippen LogP contribution in [0.2, 0.25) is 0 Å². The van der Waals surface area contributed by atoms with Crippen molar-refractivity contribution in [1.82, 2.24) is 0 Å². The molecule has 6 rings (SSSR count). The van der Waals surface area contributed by atoms with Crippen LogP contribution in [0, 0.1) is 35.0 Å². The van der Waals surface area contributed by atoms with Gasteiger partial charge in [-0.2, -0.15) is 0 Å². The second kappa shape index (κ2) is 8.30. The lowest BCUT2D eigenvalue weighted by atomic mass is 9.40. The number of nitrogens with two attached hydrogens (primary N) is 1. The van der Waals surface area contributed by atoms with Crippen LogP contribution in [0.1, 0.15) is 63.4 Å². The summed E-state index contributed by atoms with van der Waals surface area (Å²) in [5.41, 5.74) is 7.98. The van der Waals surface area contributed by atoms with Crippen molar-refractivity contribution < 1.29 is 0 Å². The molecule has 2 unspecified atom stereocenters. The summed E-state index contributed by atoms with van der Waals surface area (Å²) in [5.74, 6) is 3.86. The molecule has 4 bridgehead atoms. The van der Waals surface area contributed by atoms with Crippen molar-refractivity contribution in [1.29, 1.82) is 0 Å². The summed E-state index contributed by atoms with van der Waals surface area (Å²) in [6, 6.07) is 11.2. The van der Waals surface area contributed by atoms with Crippen LogP contribution in [-0.2, 0) is 5.41 Å². The number of halogens is 1. The predicted molar refractivity (Wildman–Crippen MR) is 130 cm³/mol. The van der Waals surface area contributed by atoms with E-state index in [0.29, 0.717) is 40.4 Å². The molecule has 5 saturated carbocycles. The lowest BCUT2D eigenvalue weighted by Crippen LogP contribution is -2.59. The number of thiocarbonyl (C=S) groups is 1. The first-order valence-corrected chi connectivity index (χ1v) is 12.9. The maximum atomic E-state index is 6.61. The highest BCUT2D eigenvalue weighted by molar-refractivity contribution is 7.80. The number of hydrogen-bond acceptors (Lipinski definition) is 2. The van der Waals surface area contributed by atoms with Gasteiger partial charge in [0, 0.05) is 18.0 Å². The molecule has 0 saturated heterocycles. The van der Waals surface area contributed by atoms with Gasteiger partial charge in [-0.25, -0.2) is 0 Å². The summed E-state index contributed by atoms with van der Waals surface area (Å²) in [6.45, 7) is 0.833. The first-order valence-electron chi connectivity index (χ1n) is 12.0. The molecule has 0 aliphatic heterocycles. The number of rotatable bonds is 5. The van der Waals surface area contributed by atoms with Gasteiger partial charge in [-0.1, -0.05) is 42.5 Å². The Kier molecular flexibility index (Phi) is 5.83. The maximum Gasteiger partial charge on any atom is 0.106 e. The van der Waals surface area contributed by atoms with Gasteiger partial charge >= 0.3 is 0 Å². The van der Waals surface area contributed by atoms with Crippen molar-refractivity contribution in [3.63, 3.8) is 0 Å². The lowest BCUT2D eigenvalue weighted by Gasteiger charge is -2.64. The first-order chi connectivity index (χ1) is 14.6. The summed E-state index contributed by atoms with van der Waals surface area (Å²) in [4.78, 5) is 5.91. The number of benzene rings is 1. The Morgan fingerprint density at radius 3 is 2.33 bits per heavy atom. The monoisotopic (exact) mass is 442 g/mol. The van der Waals surface area contributed by atoms with Crippen molar-refractivity contribution in [3.05, 3.63) is 35.9 Å². The van der Waals surface area contributed by atoms with Crippen molar-refractivity contribution in [2.24, 2.45) is 45.7 Å². The highest BCUT2D eigenvalue weighted by Crippen LogP contribution is 2.68. The Morgan fingerprint density at radius 2 is 1.73 bits per heavy atom. The van der Waals surface area contributed by atoms with Gasteiger partial charge in [-0.15, -0.1) is 11.6 Å². The molecular weight excluding hydrogens is 408 g/mol. The smallest absolute Gasteiger partial charge is 0.106 e. The third kappa shape index (κ3) is 3.69. The topological polar surface area (TPSA) is 38.4 Å². The predicted octanol–water partition coefficient (Wildman–Crippen LogP) is 6.15. The molecule has 0 aromatic heterocycles. The zero-order chi connectivity index (χ0) is 20.8. The summed E-state index contributed by atoms with van der Waals surface area (Å²) in [5, 5.41) is 0. The van der Waals surface area contributed by atoms with E-state index >= 15 is 0 Å². The zero-order valence-corrected chi connectivity index (χ0v) is 19.5. The summed E-state index contributed by atoms with van der Waals surface area (Å²) in [7, 11) is 0. The number of aliphatic imine (C=N–C) groups is 1. The minimum Gasteiger partial charge on any atom is -0.330 e. The summed E-state index contributed by atoms with van der Waals surface area (Å²) < 4.78 is 0. The average Bonchev–Trinajstić information content (AvgIpc) is 2.78. The fourth-order valence-corrected chi connectivity index (χ4v) is 8.61. The molecule has 5 fully saturated rings. The van der Waals surface area contributed by atoms with E-state index in [1.165, 1.54) is 63.4 Å². The second-order valence-electron chi connectivity index (χ2n) is 11.0. The van der Waals surface area contributed by atoms with Gasteiger partial charge in [-0.05, 0) is 104 Å². The molecule has 0 amide bonds.